The van der Waals surface area contributed by atoms with Gasteiger partial charge in [0, 0.05) is 44.0 Å². The Balaban J connectivity index is 1.97. The first-order chi connectivity index (χ1) is 7.86. The summed E-state index contributed by atoms with van der Waals surface area (Å²) in [6.07, 6.45) is 8.58. The molecule has 1 aromatic heterocycles. The van der Waals surface area contributed by atoms with E-state index >= 15 is 0 Å². The van der Waals surface area contributed by atoms with Crippen LogP contribution in [0.15, 0.2) is 23.6 Å². The van der Waals surface area contributed by atoms with Crippen molar-refractivity contribution in [3.63, 3.8) is 0 Å². The highest BCUT2D eigenvalue weighted by Crippen LogP contribution is 2.08. The van der Waals surface area contributed by atoms with Gasteiger partial charge in [-0.15, -0.1) is 0 Å². The van der Waals surface area contributed by atoms with Crippen LogP contribution >= 0.6 is 0 Å². The summed E-state index contributed by atoms with van der Waals surface area (Å²) in [6.45, 7) is 4.18. The number of nitrogens with one attached hydrogen (secondary N) is 1. The lowest BCUT2D eigenvalue weighted by Gasteiger charge is -2.14. The molecule has 1 N–H and O–H groups in total. The number of aliphatic imine (C=N–C) groups is 1. The van der Waals surface area contributed by atoms with Crippen LogP contribution in [-0.4, -0.2) is 28.9 Å². The number of aromatic nitrogens is 2. The molecular formula is C12H18N4. The van der Waals surface area contributed by atoms with Crippen LogP contribution in [0, 0.1) is 5.92 Å². The summed E-state index contributed by atoms with van der Waals surface area (Å²) in [4.78, 5) is 12.9. The average Bonchev–Trinajstić information content (AvgIpc) is 2.59. The molecule has 2 rings (SSSR count). The Labute approximate surface area is 96.2 Å². The number of rotatable bonds is 3. The van der Waals surface area contributed by atoms with E-state index in [-0.39, 0.29) is 0 Å². The predicted octanol–water partition coefficient (Wildman–Crippen LogP) is 1.44. The largest absolute Gasteiger partial charge is 0.374 e. The van der Waals surface area contributed by atoms with E-state index in [1.165, 1.54) is 12.8 Å². The second-order valence-electron chi connectivity index (χ2n) is 4.20. The maximum absolute atomic E-state index is 4.58. The van der Waals surface area contributed by atoms with Crippen LogP contribution in [0.2, 0.25) is 0 Å². The van der Waals surface area contributed by atoms with E-state index in [4.69, 9.17) is 0 Å². The molecule has 1 aromatic rings. The van der Waals surface area contributed by atoms with Crippen molar-refractivity contribution in [2.45, 2.75) is 26.2 Å². The lowest BCUT2D eigenvalue weighted by molar-refractivity contribution is 0.697. The zero-order valence-corrected chi connectivity index (χ0v) is 9.69. The maximum atomic E-state index is 4.58. The first kappa shape index (κ1) is 11.0. The second-order valence-corrected chi connectivity index (χ2v) is 4.20. The fourth-order valence-corrected chi connectivity index (χ4v) is 1.88. The third-order valence-corrected chi connectivity index (χ3v) is 2.77. The normalized spacial score (nSPS) is 18.2. The van der Waals surface area contributed by atoms with Gasteiger partial charge in [0.2, 0.25) is 0 Å². The van der Waals surface area contributed by atoms with Crippen LogP contribution in [-0.2, 0) is 6.42 Å². The zero-order valence-electron chi connectivity index (χ0n) is 9.69. The molecule has 0 radical (unpaired) electrons. The Bertz CT molecular complexity index is 347. The standard InChI is InChI=1S/C12H18N4/c1-10(8-11-9-13-6-7-14-11)12-15-4-2-3-5-16-12/h6-7,9-10H,2-5,8H2,1H3,(H,15,16)/t10-/m0/s1. The smallest absolute Gasteiger partial charge is 0.0995 e. The number of nitrogens with zero attached hydrogens (tertiary/aromatic N) is 3. The van der Waals surface area contributed by atoms with E-state index in [0.717, 1.165) is 31.0 Å². The van der Waals surface area contributed by atoms with E-state index in [9.17, 15) is 0 Å². The molecular weight excluding hydrogens is 200 g/mol. The highest BCUT2D eigenvalue weighted by atomic mass is 15.0. The topological polar surface area (TPSA) is 50.2 Å². The van der Waals surface area contributed by atoms with Crippen LogP contribution in [0.3, 0.4) is 0 Å². The number of amidine groups is 1. The fourth-order valence-electron chi connectivity index (χ4n) is 1.88. The van der Waals surface area contributed by atoms with Crippen molar-refractivity contribution in [3.05, 3.63) is 24.3 Å². The molecule has 16 heavy (non-hydrogen) atoms. The molecule has 0 saturated carbocycles. The van der Waals surface area contributed by atoms with Crippen molar-refractivity contribution in [3.8, 4) is 0 Å². The van der Waals surface area contributed by atoms with E-state index in [1.54, 1.807) is 12.4 Å². The van der Waals surface area contributed by atoms with Gasteiger partial charge in [-0.2, -0.15) is 0 Å². The van der Waals surface area contributed by atoms with Crippen molar-refractivity contribution in [1.82, 2.24) is 15.3 Å². The van der Waals surface area contributed by atoms with Gasteiger partial charge in [0.05, 0.1) is 11.5 Å². The van der Waals surface area contributed by atoms with Crippen LogP contribution in [0.1, 0.15) is 25.5 Å². The first-order valence-corrected chi connectivity index (χ1v) is 5.89. The zero-order chi connectivity index (χ0) is 11.2. The van der Waals surface area contributed by atoms with Gasteiger partial charge < -0.3 is 5.32 Å². The third-order valence-electron chi connectivity index (χ3n) is 2.77. The highest BCUT2D eigenvalue weighted by molar-refractivity contribution is 5.84. The van der Waals surface area contributed by atoms with Crippen molar-refractivity contribution >= 4 is 5.84 Å². The van der Waals surface area contributed by atoms with E-state index in [2.05, 4.69) is 27.2 Å². The molecule has 1 atom stereocenters. The van der Waals surface area contributed by atoms with Crippen LogP contribution in [0.4, 0.5) is 0 Å². The van der Waals surface area contributed by atoms with Crippen molar-refractivity contribution in [2.24, 2.45) is 10.9 Å². The number of hydrogen-bond acceptors (Lipinski definition) is 4. The molecule has 0 amide bonds. The molecule has 1 aliphatic rings. The lowest BCUT2D eigenvalue weighted by atomic mass is 10.0. The predicted molar refractivity (Wildman–Crippen MR) is 64.4 cm³/mol. The minimum Gasteiger partial charge on any atom is -0.374 e. The summed E-state index contributed by atoms with van der Waals surface area (Å²) in [7, 11) is 0. The molecule has 0 bridgehead atoms. The molecule has 0 spiro atoms. The van der Waals surface area contributed by atoms with Crippen molar-refractivity contribution in [2.75, 3.05) is 13.1 Å². The van der Waals surface area contributed by atoms with Gasteiger partial charge in [0.1, 0.15) is 0 Å². The molecule has 1 aliphatic heterocycles. The summed E-state index contributed by atoms with van der Waals surface area (Å²) in [5.74, 6) is 1.53. The first-order valence-electron chi connectivity index (χ1n) is 5.89. The van der Waals surface area contributed by atoms with Gasteiger partial charge in [-0.1, -0.05) is 6.92 Å². The monoisotopic (exact) mass is 218 g/mol. The SMILES string of the molecule is C[C@@H](Cc1cnccn1)C1=NCCCCN1. The fraction of sp³-hybridized carbons (Fsp3) is 0.583. The Kier molecular flexibility index (Phi) is 3.86. The molecule has 86 valence electrons. The van der Waals surface area contributed by atoms with Gasteiger partial charge >= 0.3 is 0 Å². The van der Waals surface area contributed by atoms with Crippen molar-refractivity contribution in [1.29, 1.82) is 0 Å². The average molecular weight is 218 g/mol. The Morgan fingerprint density at radius 3 is 3.12 bits per heavy atom. The van der Waals surface area contributed by atoms with Gasteiger partial charge in [0.25, 0.3) is 0 Å². The van der Waals surface area contributed by atoms with Gasteiger partial charge in [-0.25, -0.2) is 0 Å². The molecule has 0 unspecified atom stereocenters. The van der Waals surface area contributed by atoms with E-state index in [1.807, 2.05) is 6.20 Å². The summed E-state index contributed by atoms with van der Waals surface area (Å²) < 4.78 is 0. The summed E-state index contributed by atoms with van der Waals surface area (Å²) in [6, 6.07) is 0. The maximum Gasteiger partial charge on any atom is 0.0995 e. The third kappa shape index (κ3) is 3.02. The quantitative estimate of drug-likeness (QED) is 0.835. The molecule has 4 nitrogen and oxygen atoms in total. The van der Waals surface area contributed by atoms with Crippen LogP contribution in [0.5, 0.6) is 0 Å². The molecule has 0 aromatic carbocycles. The van der Waals surface area contributed by atoms with Crippen molar-refractivity contribution < 1.29 is 0 Å². The minimum atomic E-state index is 0.398. The Morgan fingerprint density at radius 2 is 2.31 bits per heavy atom. The molecule has 2 heterocycles. The number of hydrogen-bond donors (Lipinski definition) is 1. The van der Waals surface area contributed by atoms with Crippen LogP contribution < -0.4 is 5.32 Å². The lowest BCUT2D eigenvalue weighted by Crippen LogP contribution is -2.30. The highest BCUT2D eigenvalue weighted by Gasteiger charge is 2.13. The van der Waals surface area contributed by atoms with E-state index in [0.29, 0.717) is 5.92 Å². The van der Waals surface area contributed by atoms with Crippen LogP contribution in [0.25, 0.3) is 0 Å². The summed E-state index contributed by atoms with van der Waals surface area (Å²) >= 11 is 0. The summed E-state index contributed by atoms with van der Waals surface area (Å²) in [5, 5.41) is 3.40. The van der Waals surface area contributed by atoms with Gasteiger partial charge in [-0.05, 0) is 12.8 Å². The minimum absolute atomic E-state index is 0.398. The van der Waals surface area contributed by atoms with Gasteiger partial charge in [-0.3, -0.25) is 15.0 Å². The molecule has 0 fully saturated rings. The second kappa shape index (κ2) is 5.58. The molecule has 0 aliphatic carbocycles. The summed E-state index contributed by atoms with van der Waals surface area (Å²) in [5.41, 5.74) is 1.03. The molecule has 0 saturated heterocycles. The Morgan fingerprint density at radius 1 is 1.38 bits per heavy atom. The Hall–Kier alpha value is -1.45. The molecule has 4 heteroatoms. The van der Waals surface area contributed by atoms with Gasteiger partial charge in [0.15, 0.2) is 0 Å². The van der Waals surface area contributed by atoms with E-state index < -0.39 is 0 Å².